The van der Waals surface area contributed by atoms with Crippen molar-refractivity contribution in [3.63, 3.8) is 0 Å². The molecule has 0 spiro atoms. The predicted octanol–water partition coefficient (Wildman–Crippen LogP) is 2.03. The minimum absolute atomic E-state index is 0.0971. The molecular formula is C14H16N2O2. The van der Waals surface area contributed by atoms with Crippen LogP contribution in [-0.2, 0) is 11.3 Å². The number of benzene rings is 1. The maximum absolute atomic E-state index is 12.3. The summed E-state index contributed by atoms with van der Waals surface area (Å²) in [6.07, 6.45) is 2.92. The van der Waals surface area contributed by atoms with Crippen LogP contribution in [0.1, 0.15) is 24.8 Å². The zero-order valence-corrected chi connectivity index (χ0v) is 10.1. The normalized spacial score (nSPS) is 29.0. The number of amides is 1. The van der Waals surface area contributed by atoms with Gasteiger partial charge in [0.1, 0.15) is 5.71 Å². The van der Waals surface area contributed by atoms with Gasteiger partial charge in [-0.05, 0) is 24.8 Å². The number of hydrogen-bond donors (Lipinski definition) is 1. The van der Waals surface area contributed by atoms with Gasteiger partial charge in [-0.3, -0.25) is 4.79 Å². The SMILES string of the molecule is O=C1C(=NO)C2CCC(C2)N1Cc1ccccc1. The molecule has 2 atom stereocenters. The number of nitrogens with zero attached hydrogens (tertiary/aromatic N) is 2. The number of rotatable bonds is 2. The van der Waals surface area contributed by atoms with Crippen molar-refractivity contribution in [2.24, 2.45) is 11.1 Å². The summed E-state index contributed by atoms with van der Waals surface area (Å²) in [6, 6.07) is 10.3. The van der Waals surface area contributed by atoms with E-state index in [0.29, 0.717) is 18.3 Å². The summed E-state index contributed by atoms with van der Waals surface area (Å²) in [7, 11) is 0. The van der Waals surface area contributed by atoms with Crippen molar-refractivity contribution in [2.45, 2.75) is 31.8 Å². The highest BCUT2D eigenvalue weighted by atomic mass is 16.4. The van der Waals surface area contributed by atoms with Crippen LogP contribution in [0.3, 0.4) is 0 Å². The van der Waals surface area contributed by atoms with Gasteiger partial charge in [-0.1, -0.05) is 35.5 Å². The Bertz CT molecular complexity index is 484. The molecule has 3 rings (SSSR count). The lowest BCUT2D eigenvalue weighted by Gasteiger charge is -2.33. The monoisotopic (exact) mass is 244 g/mol. The van der Waals surface area contributed by atoms with Crippen LogP contribution < -0.4 is 0 Å². The van der Waals surface area contributed by atoms with Gasteiger partial charge in [0.2, 0.25) is 0 Å². The maximum atomic E-state index is 12.3. The minimum Gasteiger partial charge on any atom is -0.410 e. The van der Waals surface area contributed by atoms with Crippen molar-refractivity contribution in [1.29, 1.82) is 0 Å². The topological polar surface area (TPSA) is 52.9 Å². The van der Waals surface area contributed by atoms with Crippen molar-refractivity contribution < 1.29 is 10.0 Å². The number of carbonyl (C=O) groups excluding carboxylic acids is 1. The number of piperidine rings is 1. The van der Waals surface area contributed by atoms with Gasteiger partial charge in [0.05, 0.1) is 0 Å². The first-order valence-corrected chi connectivity index (χ1v) is 6.36. The fourth-order valence-corrected chi connectivity index (χ4v) is 3.08. The Morgan fingerprint density at radius 3 is 2.78 bits per heavy atom. The molecule has 1 aliphatic carbocycles. The van der Waals surface area contributed by atoms with Gasteiger partial charge in [0.25, 0.3) is 5.91 Å². The Hall–Kier alpha value is -1.84. The van der Waals surface area contributed by atoms with E-state index >= 15 is 0 Å². The van der Waals surface area contributed by atoms with E-state index in [1.165, 1.54) is 0 Å². The maximum Gasteiger partial charge on any atom is 0.272 e. The summed E-state index contributed by atoms with van der Waals surface area (Å²) < 4.78 is 0. The predicted molar refractivity (Wildman–Crippen MR) is 67.3 cm³/mol. The molecular weight excluding hydrogens is 228 g/mol. The van der Waals surface area contributed by atoms with Gasteiger partial charge >= 0.3 is 0 Å². The van der Waals surface area contributed by atoms with Crippen molar-refractivity contribution in [1.82, 2.24) is 4.90 Å². The second-order valence-corrected chi connectivity index (χ2v) is 5.07. The van der Waals surface area contributed by atoms with E-state index in [9.17, 15) is 4.79 Å². The van der Waals surface area contributed by atoms with Gasteiger partial charge < -0.3 is 10.1 Å². The number of fused-ring (bicyclic) bond motifs is 2. The molecule has 1 aliphatic heterocycles. The van der Waals surface area contributed by atoms with Gasteiger partial charge in [-0.15, -0.1) is 0 Å². The molecule has 2 aliphatic rings. The van der Waals surface area contributed by atoms with Crippen molar-refractivity contribution in [2.75, 3.05) is 0 Å². The molecule has 1 N–H and O–H groups in total. The summed E-state index contributed by atoms with van der Waals surface area (Å²) in [5.41, 5.74) is 1.47. The van der Waals surface area contributed by atoms with Crippen LogP contribution >= 0.6 is 0 Å². The number of hydrogen-bond acceptors (Lipinski definition) is 3. The van der Waals surface area contributed by atoms with Crippen LogP contribution in [0.2, 0.25) is 0 Å². The molecule has 2 bridgehead atoms. The molecule has 94 valence electrons. The first kappa shape index (κ1) is 11.3. The molecule has 18 heavy (non-hydrogen) atoms. The second kappa shape index (κ2) is 4.44. The van der Waals surface area contributed by atoms with E-state index in [4.69, 9.17) is 5.21 Å². The Morgan fingerprint density at radius 2 is 2.06 bits per heavy atom. The van der Waals surface area contributed by atoms with Crippen LogP contribution in [0.15, 0.2) is 35.5 Å². The highest BCUT2D eigenvalue weighted by Crippen LogP contribution is 2.36. The minimum atomic E-state index is -0.0971. The molecule has 1 saturated carbocycles. The van der Waals surface area contributed by atoms with Gasteiger partial charge in [0, 0.05) is 18.5 Å². The zero-order chi connectivity index (χ0) is 12.5. The fraction of sp³-hybridized carbons (Fsp3) is 0.429. The average molecular weight is 244 g/mol. The molecule has 4 nitrogen and oxygen atoms in total. The smallest absolute Gasteiger partial charge is 0.272 e. The molecule has 1 heterocycles. The van der Waals surface area contributed by atoms with Crippen molar-refractivity contribution in [3.05, 3.63) is 35.9 Å². The third kappa shape index (κ3) is 1.78. The number of oxime groups is 1. The van der Waals surface area contributed by atoms with E-state index in [1.807, 2.05) is 35.2 Å². The van der Waals surface area contributed by atoms with Crippen LogP contribution in [0, 0.1) is 5.92 Å². The summed E-state index contributed by atoms with van der Waals surface area (Å²) >= 11 is 0. The van der Waals surface area contributed by atoms with Crippen LogP contribution in [0.4, 0.5) is 0 Å². The van der Waals surface area contributed by atoms with Crippen LogP contribution in [0.25, 0.3) is 0 Å². The van der Waals surface area contributed by atoms with Gasteiger partial charge in [0.15, 0.2) is 0 Å². The lowest BCUT2D eigenvalue weighted by Crippen LogP contribution is -2.47. The van der Waals surface area contributed by atoms with Crippen molar-refractivity contribution in [3.8, 4) is 0 Å². The van der Waals surface area contributed by atoms with E-state index in [0.717, 1.165) is 24.8 Å². The van der Waals surface area contributed by atoms with Crippen LogP contribution in [-0.4, -0.2) is 27.8 Å². The molecule has 0 radical (unpaired) electrons. The summed E-state index contributed by atoms with van der Waals surface area (Å²) in [4.78, 5) is 14.1. The second-order valence-electron chi connectivity index (χ2n) is 5.07. The Kier molecular flexibility index (Phi) is 2.78. The molecule has 1 amide bonds. The molecule has 1 aromatic rings. The van der Waals surface area contributed by atoms with E-state index in [-0.39, 0.29) is 11.8 Å². The Balaban J connectivity index is 1.85. The third-order valence-electron chi connectivity index (χ3n) is 4.02. The standard InChI is InChI=1S/C14H16N2O2/c17-14-13(15-18)11-6-7-12(8-11)16(14)9-10-4-2-1-3-5-10/h1-5,11-12,18H,6-9H2. The molecule has 0 aromatic heterocycles. The van der Waals surface area contributed by atoms with Gasteiger partial charge in [-0.2, -0.15) is 0 Å². The Morgan fingerprint density at radius 1 is 1.28 bits per heavy atom. The molecule has 2 unspecified atom stereocenters. The highest BCUT2D eigenvalue weighted by molar-refractivity contribution is 6.40. The Labute approximate surface area is 106 Å². The first-order chi connectivity index (χ1) is 8.79. The van der Waals surface area contributed by atoms with E-state index in [2.05, 4.69) is 5.16 Å². The quantitative estimate of drug-likeness (QED) is 0.639. The average Bonchev–Trinajstić information content (AvgIpc) is 2.82. The number of likely N-dealkylation sites (tertiary alicyclic amines) is 1. The summed E-state index contributed by atoms with van der Waals surface area (Å²) in [5.74, 6) is 0.0691. The zero-order valence-electron chi connectivity index (χ0n) is 10.1. The molecule has 2 fully saturated rings. The molecule has 4 heteroatoms. The number of carbonyl (C=O) groups is 1. The molecule has 1 saturated heterocycles. The third-order valence-corrected chi connectivity index (χ3v) is 4.02. The lowest BCUT2D eigenvalue weighted by atomic mass is 9.95. The lowest BCUT2D eigenvalue weighted by molar-refractivity contribution is -0.128. The van der Waals surface area contributed by atoms with E-state index in [1.54, 1.807) is 0 Å². The fourth-order valence-electron chi connectivity index (χ4n) is 3.08. The first-order valence-electron chi connectivity index (χ1n) is 6.36. The van der Waals surface area contributed by atoms with E-state index < -0.39 is 0 Å². The highest BCUT2D eigenvalue weighted by Gasteiger charge is 2.43. The van der Waals surface area contributed by atoms with Crippen LogP contribution in [0.5, 0.6) is 0 Å². The summed E-state index contributed by atoms with van der Waals surface area (Å²) in [5, 5.41) is 12.2. The van der Waals surface area contributed by atoms with Crippen molar-refractivity contribution >= 4 is 11.6 Å². The molecule has 1 aromatic carbocycles. The summed E-state index contributed by atoms with van der Waals surface area (Å²) in [6.45, 7) is 0.607. The largest absolute Gasteiger partial charge is 0.410 e. The van der Waals surface area contributed by atoms with Gasteiger partial charge in [-0.25, -0.2) is 0 Å².